The molecule has 89 heavy (non-hydrogen) atoms. The largest absolute Gasteiger partial charge is 4.00 e. The Kier molecular flexibility index (Phi) is 98.4. The summed E-state index contributed by atoms with van der Waals surface area (Å²) in [5, 5.41) is 41.0. The van der Waals surface area contributed by atoms with Gasteiger partial charge < -0.3 is 39.6 Å². The number of aliphatic carboxylic acids is 4. The van der Waals surface area contributed by atoms with Crippen molar-refractivity contribution in [3.05, 3.63) is 48.6 Å². The molecule has 0 fully saturated rings. The van der Waals surface area contributed by atoms with Gasteiger partial charge in [-0.15, -0.1) is 0 Å². The Labute approximate surface area is 568 Å². The summed E-state index contributed by atoms with van der Waals surface area (Å²) >= 11 is 0. The Hall–Kier alpha value is -2.47. The molecule has 0 rings (SSSR count). The summed E-state index contributed by atoms with van der Waals surface area (Å²) in [4.78, 5) is 41.0. The van der Waals surface area contributed by atoms with Gasteiger partial charge in [-0.2, -0.15) is 0 Å². The molecule has 0 saturated carbocycles. The van der Waals surface area contributed by atoms with Gasteiger partial charge in [-0.1, -0.05) is 333 Å². The Morgan fingerprint density at radius 2 is 0.281 bits per heavy atom. The number of hydrogen-bond acceptors (Lipinski definition) is 8. The maximum Gasteiger partial charge on any atom is 4.00 e. The monoisotopic (exact) mass is 1420 g/mol. The summed E-state index contributed by atoms with van der Waals surface area (Å²) in [5.74, 6) is -3.64. The van der Waals surface area contributed by atoms with Crippen molar-refractivity contribution in [3.8, 4) is 0 Å². The van der Waals surface area contributed by atoms with E-state index in [1.54, 1.807) is 0 Å². The summed E-state index contributed by atoms with van der Waals surface area (Å²) in [6, 6.07) is 0. The van der Waals surface area contributed by atoms with Crippen LogP contribution in [0.4, 0.5) is 0 Å². The fourth-order valence-electron chi connectivity index (χ4n) is 10.8. The maximum absolute atomic E-state index is 10.2. The van der Waals surface area contributed by atoms with E-state index in [0.717, 1.165) is 51.4 Å². The van der Waals surface area contributed by atoms with Crippen molar-refractivity contribution >= 4 is 23.9 Å². The number of carbonyl (C=O) groups is 4. The van der Waals surface area contributed by atoms with Gasteiger partial charge in [0, 0.05) is 23.9 Å². The fraction of sp³-hybridized carbons (Fsp3) is 0.850. The topological polar surface area (TPSA) is 161 Å². The van der Waals surface area contributed by atoms with Gasteiger partial charge in [0.2, 0.25) is 0 Å². The third-order valence-corrected chi connectivity index (χ3v) is 16.6. The molecule has 0 N–H and O–H groups in total. The summed E-state index contributed by atoms with van der Waals surface area (Å²) in [6.45, 7) is 9.06. The summed E-state index contributed by atoms with van der Waals surface area (Å²) in [7, 11) is 0. The molecule has 9 heteroatoms. The van der Waals surface area contributed by atoms with Crippen LogP contribution in [0.3, 0.4) is 0 Å². The van der Waals surface area contributed by atoms with E-state index in [4.69, 9.17) is 0 Å². The second-order valence-corrected chi connectivity index (χ2v) is 25.7. The number of carbonyl (C=O) groups excluding carboxylic acids is 4. The van der Waals surface area contributed by atoms with Crippen molar-refractivity contribution in [1.29, 1.82) is 0 Å². The number of rotatable bonds is 68. The van der Waals surface area contributed by atoms with E-state index < -0.39 is 23.9 Å². The van der Waals surface area contributed by atoms with Gasteiger partial charge in [0.05, 0.1) is 0 Å². The van der Waals surface area contributed by atoms with Crippen LogP contribution < -0.4 is 20.4 Å². The molecule has 8 nitrogen and oxygen atoms in total. The minimum atomic E-state index is -0.909. The molecule has 0 heterocycles. The Morgan fingerprint density at radius 1 is 0.180 bits per heavy atom. The minimum Gasteiger partial charge on any atom is -0.550 e. The molecule has 0 aliphatic heterocycles. The van der Waals surface area contributed by atoms with Crippen LogP contribution in [0.25, 0.3) is 0 Å². The SMILES string of the molecule is CCCCCCCC/C=C\CCCCCCCCCC(=O)[O-].CCCCCCCC/C=C\CCCCCCCCCC(=O)[O-].CCCCCCCC/C=C\CCCCCCCCCC(=O)[O-].CCCCCCCC/C=C\CCCCCCCCCC(=O)[O-].[W+4]. The van der Waals surface area contributed by atoms with Crippen molar-refractivity contribution < 1.29 is 60.7 Å². The van der Waals surface area contributed by atoms with Crippen LogP contribution in [-0.4, -0.2) is 23.9 Å². The molecule has 0 atom stereocenters. The molecule has 0 aromatic heterocycles. The third-order valence-electron chi connectivity index (χ3n) is 16.6. The van der Waals surface area contributed by atoms with E-state index in [9.17, 15) is 39.6 Å². The van der Waals surface area contributed by atoms with Gasteiger partial charge in [-0.3, -0.25) is 0 Å². The van der Waals surface area contributed by atoms with E-state index >= 15 is 0 Å². The Bertz CT molecular complexity index is 1260. The third kappa shape index (κ3) is 110. The van der Waals surface area contributed by atoms with E-state index in [1.807, 2.05) is 0 Å². The average molecular weight is 1420 g/mol. The summed E-state index contributed by atoms with van der Waals surface area (Å²) in [5.41, 5.74) is 0. The Balaban J connectivity index is -0.000000351. The van der Waals surface area contributed by atoms with Crippen LogP contribution in [0.15, 0.2) is 48.6 Å². The van der Waals surface area contributed by atoms with Crippen molar-refractivity contribution in [2.24, 2.45) is 0 Å². The number of hydrogen-bond donors (Lipinski definition) is 0. The van der Waals surface area contributed by atoms with Crippen molar-refractivity contribution in [2.45, 2.75) is 439 Å². The van der Waals surface area contributed by atoms with Gasteiger partial charge >= 0.3 is 21.1 Å². The molecular weight excluding hydrogens is 1270 g/mol. The number of unbranched alkanes of at least 4 members (excludes halogenated alkanes) is 52. The fourth-order valence-corrected chi connectivity index (χ4v) is 10.8. The summed E-state index contributed by atoms with van der Waals surface area (Å²) in [6.07, 6.45) is 95.3. The first-order valence-corrected chi connectivity index (χ1v) is 38.5. The predicted molar refractivity (Wildman–Crippen MR) is 375 cm³/mol. The maximum atomic E-state index is 10.2. The standard InChI is InChI=1S/4C20H38O2.W/c4*1-2-3-4-5-6-7-8-9-10-11-12-13-14-15-16-17-18-19-20(21)22;/h4*9-10H,2-8,11-19H2,1H3,(H,21,22);/q;;;;+4/p-4/b4*10-9-;. The molecular formula is C80H148O8W. The van der Waals surface area contributed by atoms with Crippen LogP contribution >= 0.6 is 0 Å². The van der Waals surface area contributed by atoms with E-state index in [-0.39, 0.29) is 46.7 Å². The van der Waals surface area contributed by atoms with Gasteiger partial charge in [0.15, 0.2) is 0 Å². The smallest absolute Gasteiger partial charge is 0.550 e. The molecule has 0 aromatic rings. The molecule has 0 spiro atoms. The number of carboxylic acids is 4. The summed E-state index contributed by atoms with van der Waals surface area (Å²) < 4.78 is 0. The minimum absolute atomic E-state index is 0. The van der Waals surface area contributed by atoms with E-state index in [2.05, 4.69) is 76.3 Å². The van der Waals surface area contributed by atoms with Gasteiger partial charge in [-0.25, -0.2) is 0 Å². The van der Waals surface area contributed by atoms with Crippen molar-refractivity contribution in [1.82, 2.24) is 0 Å². The van der Waals surface area contributed by atoms with Crippen LogP contribution in [0.1, 0.15) is 439 Å². The number of allylic oxidation sites excluding steroid dienone is 8. The van der Waals surface area contributed by atoms with Gasteiger partial charge in [0.25, 0.3) is 0 Å². The van der Waals surface area contributed by atoms with Gasteiger partial charge in [-0.05, 0) is 154 Å². The predicted octanol–water partition coefficient (Wildman–Crippen LogP) is 22.2. The molecule has 0 bridgehead atoms. The van der Waals surface area contributed by atoms with Crippen LogP contribution in [0.2, 0.25) is 0 Å². The first-order chi connectivity index (χ1) is 43.1. The zero-order valence-corrected chi connectivity index (χ0v) is 62.5. The quantitative estimate of drug-likeness (QED) is 0.0430. The molecule has 0 saturated heterocycles. The van der Waals surface area contributed by atoms with Crippen LogP contribution in [0, 0.1) is 0 Å². The molecule has 0 aromatic carbocycles. The van der Waals surface area contributed by atoms with Gasteiger partial charge in [0.1, 0.15) is 0 Å². The second-order valence-electron chi connectivity index (χ2n) is 25.7. The average Bonchev–Trinajstić information content (AvgIpc) is 3.50. The molecule has 0 aliphatic carbocycles. The molecule has 0 radical (unpaired) electrons. The first-order valence-electron chi connectivity index (χ1n) is 38.5. The van der Waals surface area contributed by atoms with E-state index in [1.165, 1.54) is 334 Å². The first kappa shape index (κ1) is 95.2. The Morgan fingerprint density at radius 3 is 0.393 bits per heavy atom. The van der Waals surface area contributed by atoms with Crippen molar-refractivity contribution in [3.63, 3.8) is 0 Å². The zero-order chi connectivity index (χ0) is 65.2. The zero-order valence-electron chi connectivity index (χ0n) is 59.5. The number of carboxylic acid groups (broad SMARTS) is 4. The molecule has 522 valence electrons. The van der Waals surface area contributed by atoms with E-state index in [0.29, 0.717) is 0 Å². The van der Waals surface area contributed by atoms with Crippen molar-refractivity contribution in [2.75, 3.05) is 0 Å². The second kappa shape index (κ2) is 91.9. The van der Waals surface area contributed by atoms with Crippen LogP contribution in [0.5, 0.6) is 0 Å². The molecule has 0 aliphatic rings. The van der Waals surface area contributed by atoms with Crippen LogP contribution in [-0.2, 0) is 40.2 Å². The molecule has 0 unspecified atom stereocenters. The molecule has 0 amide bonds. The normalized spacial score (nSPS) is 11.2.